The van der Waals surface area contributed by atoms with Gasteiger partial charge in [-0.15, -0.1) is 0 Å². The molecule has 1 aliphatic rings. The molecule has 1 heterocycles. The zero-order valence-corrected chi connectivity index (χ0v) is 6.95. The minimum Gasteiger partial charge on any atom is -0.379 e. The van der Waals surface area contributed by atoms with Gasteiger partial charge in [0.1, 0.15) is 0 Å². The van der Waals surface area contributed by atoms with Crippen molar-refractivity contribution in [2.45, 2.75) is 13.0 Å². The number of ether oxygens (including phenoxy) is 1. The van der Waals surface area contributed by atoms with Gasteiger partial charge in [-0.25, -0.2) is 5.90 Å². The van der Waals surface area contributed by atoms with Crippen LogP contribution < -0.4 is 5.90 Å². The highest BCUT2D eigenvalue weighted by Gasteiger charge is 2.12. The molecule has 0 aliphatic carbocycles. The van der Waals surface area contributed by atoms with Crippen LogP contribution in [0.2, 0.25) is 0 Å². The Morgan fingerprint density at radius 1 is 1.55 bits per heavy atom. The SMILES string of the molecule is CC(CN1CCOCC1)ON. The highest BCUT2D eigenvalue weighted by Crippen LogP contribution is 1.98. The van der Waals surface area contributed by atoms with Crippen molar-refractivity contribution in [2.75, 3.05) is 32.8 Å². The van der Waals surface area contributed by atoms with Gasteiger partial charge in [-0.05, 0) is 6.92 Å². The van der Waals surface area contributed by atoms with Crippen molar-refractivity contribution in [1.29, 1.82) is 0 Å². The fourth-order valence-electron chi connectivity index (χ4n) is 1.19. The lowest BCUT2D eigenvalue weighted by Gasteiger charge is -2.28. The first-order chi connectivity index (χ1) is 5.33. The number of nitrogens with two attached hydrogens (primary N) is 1. The van der Waals surface area contributed by atoms with Gasteiger partial charge in [-0.1, -0.05) is 0 Å². The topological polar surface area (TPSA) is 47.7 Å². The van der Waals surface area contributed by atoms with Crippen LogP contribution >= 0.6 is 0 Å². The van der Waals surface area contributed by atoms with E-state index in [1.807, 2.05) is 6.92 Å². The molecule has 0 aromatic heterocycles. The number of nitrogens with zero attached hydrogens (tertiary/aromatic N) is 1. The minimum absolute atomic E-state index is 0.119. The molecule has 1 aliphatic heterocycles. The molecule has 4 nitrogen and oxygen atoms in total. The van der Waals surface area contributed by atoms with E-state index in [-0.39, 0.29) is 6.10 Å². The molecular formula is C7H16N2O2. The van der Waals surface area contributed by atoms with E-state index in [2.05, 4.69) is 9.74 Å². The van der Waals surface area contributed by atoms with Crippen LogP contribution in [0.3, 0.4) is 0 Å². The Kier molecular flexibility index (Phi) is 3.79. The third-order valence-electron chi connectivity index (χ3n) is 1.85. The van der Waals surface area contributed by atoms with Gasteiger partial charge < -0.3 is 9.57 Å². The first-order valence-corrected chi connectivity index (χ1v) is 3.98. The first kappa shape index (κ1) is 8.93. The van der Waals surface area contributed by atoms with Crippen LogP contribution in [-0.4, -0.2) is 43.9 Å². The smallest absolute Gasteiger partial charge is 0.0885 e. The molecule has 1 fully saturated rings. The summed E-state index contributed by atoms with van der Waals surface area (Å²) in [7, 11) is 0. The van der Waals surface area contributed by atoms with Crippen molar-refractivity contribution in [1.82, 2.24) is 4.90 Å². The fraction of sp³-hybridized carbons (Fsp3) is 1.00. The van der Waals surface area contributed by atoms with E-state index in [9.17, 15) is 0 Å². The normalized spacial score (nSPS) is 23.5. The molecule has 0 bridgehead atoms. The Morgan fingerprint density at radius 3 is 2.73 bits per heavy atom. The second-order valence-electron chi connectivity index (χ2n) is 2.86. The van der Waals surface area contributed by atoms with Crippen molar-refractivity contribution in [2.24, 2.45) is 5.90 Å². The molecule has 1 saturated heterocycles. The molecule has 2 N–H and O–H groups in total. The molecule has 0 spiro atoms. The van der Waals surface area contributed by atoms with Crippen molar-refractivity contribution in [3.8, 4) is 0 Å². The third kappa shape index (κ3) is 3.16. The molecule has 1 unspecified atom stereocenters. The summed E-state index contributed by atoms with van der Waals surface area (Å²) in [6, 6.07) is 0. The standard InChI is InChI=1S/C7H16N2O2/c1-7(11-8)6-9-2-4-10-5-3-9/h7H,2-6,8H2,1H3. The second kappa shape index (κ2) is 4.66. The average Bonchev–Trinajstić information content (AvgIpc) is 2.06. The van der Waals surface area contributed by atoms with Gasteiger partial charge in [0, 0.05) is 19.6 Å². The van der Waals surface area contributed by atoms with Gasteiger partial charge in [0.2, 0.25) is 0 Å². The molecule has 0 aromatic rings. The lowest BCUT2D eigenvalue weighted by molar-refractivity contribution is -0.00623. The van der Waals surface area contributed by atoms with Gasteiger partial charge >= 0.3 is 0 Å². The van der Waals surface area contributed by atoms with Crippen LogP contribution in [0, 0.1) is 0 Å². The van der Waals surface area contributed by atoms with Crippen molar-refractivity contribution in [3.63, 3.8) is 0 Å². The van der Waals surface area contributed by atoms with Crippen molar-refractivity contribution >= 4 is 0 Å². The van der Waals surface area contributed by atoms with E-state index in [4.69, 9.17) is 10.6 Å². The van der Waals surface area contributed by atoms with Crippen LogP contribution in [0.4, 0.5) is 0 Å². The van der Waals surface area contributed by atoms with Gasteiger partial charge in [-0.2, -0.15) is 0 Å². The van der Waals surface area contributed by atoms with Gasteiger partial charge in [-0.3, -0.25) is 4.90 Å². The summed E-state index contributed by atoms with van der Waals surface area (Å²) < 4.78 is 5.20. The fourth-order valence-corrected chi connectivity index (χ4v) is 1.19. The Labute approximate surface area is 67.2 Å². The van der Waals surface area contributed by atoms with E-state index in [1.54, 1.807) is 0 Å². The lowest BCUT2D eigenvalue weighted by Crippen LogP contribution is -2.41. The first-order valence-electron chi connectivity index (χ1n) is 3.98. The molecule has 0 amide bonds. The number of hydrogen-bond acceptors (Lipinski definition) is 4. The Hall–Kier alpha value is -0.160. The van der Waals surface area contributed by atoms with Crippen molar-refractivity contribution in [3.05, 3.63) is 0 Å². The van der Waals surface area contributed by atoms with Crippen LogP contribution in [-0.2, 0) is 9.57 Å². The molecule has 1 atom stereocenters. The maximum absolute atomic E-state index is 5.20. The summed E-state index contributed by atoms with van der Waals surface area (Å²) in [5.74, 6) is 5.03. The Morgan fingerprint density at radius 2 is 2.18 bits per heavy atom. The van der Waals surface area contributed by atoms with E-state index < -0.39 is 0 Å². The summed E-state index contributed by atoms with van der Waals surface area (Å²) in [6.45, 7) is 6.52. The summed E-state index contributed by atoms with van der Waals surface area (Å²) in [6.07, 6.45) is 0.119. The molecule has 0 saturated carbocycles. The van der Waals surface area contributed by atoms with Crippen LogP contribution in [0.5, 0.6) is 0 Å². The molecule has 4 heteroatoms. The third-order valence-corrected chi connectivity index (χ3v) is 1.85. The quantitative estimate of drug-likeness (QED) is 0.571. The van der Waals surface area contributed by atoms with Gasteiger partial charge in [0.15, 0.2) is 0 Å². The largest absolute Gasteiger partial charge is 0.379 e. The van der Waals surface area contributed by atoms with Crippen molar-refractivity contribution < 1.29 is 9.57 Å². The van der Waals surface area contributed by atoms with Gasteiger partial charge in [0.25, 0.3) is 0 Å². The summed E-state index contributed by atoms with van der Waals surface area (Å²) in [5.41, 5.74) is 0. The molecular weight excluding hydrogens is 144 g/mol. The van der Waals surface area contributed by atoms with E-state index in [0.29, 0.717) is 0 Å². The van der Waals surface area contributed by atoms with Crippen LogP contribution in [0.15, 0.2) is 0 Å². The predicted octanol–water partition coefficient (Wildman–Crippen LogP) is -0.403. The van der Waals surface area contributed by atoms with Crippen LogP contribution in [0.25, 0.3) is 0 Å². The monoisotopic (exact) mass is 160 g/mol. The number of morpholine rings is 1. The Bertz CT molecular complexity index is 105. The minimum atomic E-state index is 0.119. The molecule has 1 rings (SSSR count). The average molecular weight is 160 g/mol. The Balaban J connectivity index is 2.13. The lowest BCUT2D eigenvalue weighted by atomic mass is 10.3. The predicted molar refractivity (Wildman–Crippen MR) is 42.0 cm³/mol. The number of hydrogen-bond donors (Lipinski definition) is 1. The zero-order valence-electron chi connectivity index (χ0n) is 6.95. The summed E-state index contributed by atoms with van der Waals surface area (Å²) in [4.78, 5) is 6.96. The second-order valence-corrected chi connectivity index (χ2v) is 2.86. The molecule has 11 heavy (non-hydrogen) atoms. The van der Waals surface area contributed by atoms with E-state index >= 15 is 0 Å². The van der Waals surface area contributed by atoms with E-state index in [1.165, 1.54) is 0 Å². The van der Waals surface area contributed by atoms with Gasteiger partial charge in [0.05, 0.1) is 19.3 Å². The van der Waals surface area contributed by atoms with E-state index in [0.717, 1.165) is 32.8 Å². The van der Waals surface area contributed by atoms with Crippen LogP contribution in [0.1, 0.15) is 6.92 Å². The summed E-state index contributed by atoms with van der Waals surface area (Å²) in [5, 5.41) is 0. The maximum atomic E-state index is 5.20. The molecule has 66 valence electrons. The summed E-state index contributed by atoms with van der Waals surface area (Å²) >= 11 is 0. The zero-order chi connectivity index (χ0) is 8.10. The highest BCUT2D eigenvalue weighted by atomic mass is 16.6. The molecule has 0 radical (unpaired) electrons. The number of rotatable bonds is 3. The maximum Gasteiger partial charge on any atom is 0.0885 e. The molecule has 0 aromatic carbocycles. The highest BCUT2D eigenvalue weighted by molar-refractivity contribution is 4.64.